The topological polar surface area (TPSA) is 68.3 Å². The van der Waals surface area contributed by atoms with Crippen LogP contribution in [-0.2, 0) is 10.0 Å². The summed E-state index contributed by atoms with van der Waals surface area (Å²) in [4.78, 5) is 4.06. The van der Waals surface area contributed by atoms with Crippen molar-refractivity contribution in [3.63, 3.8) is 0 Å². The Morgan fingerprint density at radius 1 is 1.26 bits per heavy atom. The smallest absolute Gasteiger partial charge is 0.263 e. The van der Waals surface area contributed by atoms with Crippen LogP contribution in [0.1, 0.15) is 0 Å². The van der Waals surface area contributed by atoms with Crippen LogP contribution in [0.5, 0.6) is 5.75 Å². The highest BCUT2D eigenvalue weighted by molar-refractivity contribution is 14.1. The molecule has 1 aromatic heterocycles. The summed E-state index contributed by atoms with van der Waals surface area (Å²) in [5.41, 5.74) is 0. The fourth-order valence-electron chi connectivity index (χ4n) is 1.43. The Bertz CT molecular complexity index is 675. The van der Waals surface area contributed by atoms with Crippen molar-refractivity contribution in [1.29, 1.82) is 0 Å². The van der Waals surface area contributed by atoms with E-state index in [9.17, 15) is 8.42 Å². The molecule has 19 heavy (non-hydrogen) atoms. The average molecular weight is 390 g/mol. The van der Waals surface area contributed by atoms with Crippen LogP contribution in [-0.4, -0.2) is 20.5 Å². The molecule has 1 aromatic carbocycles. The largest absolute Gasteiger partial charge is 0.496 e. The summed E-state index contributed by atoms with van der Waals surface area (Å²) < 4.78 is 32.7. The molecule has 2 aromatic rings. The molecule has 0 aliphatic heterocycles. The number of hydrogen-bond donors (Lipinski definition) is 1. The van der Waals surface area contributed by atoms with E-state index in [1.165, 1.54) is 25.4 Å². The first-order chi connectivity index (χ1) is 9.03. The van der Waals surface area contributed by atoms with Gasteiger partial charge in [0.1, 0.15) is 11.6 Å². The molecule has 2 rings (SSSR count). The summed E-state index contributed by atoms with van der Waals surface area (Å²) in [7, 11) is -2.16. The predicted octanol–water partition coefficient (Wildman–Crippen LogP) is 2.50. The van der Waals surface area contributed by atoms with Gasteiger partial charge < -0.3 is 4.74 Å². The summed E-state index contributed by atoms with van der Waals surface area (Å²) in [6.07, 6.45) is 1.52. The van der Waals surface area contributed by atoms with Crippen LogP contribution in [0.2, 0.25) is 0 Å². The molecule has 100 valence electrons. The number of anilines is 1. The van der Waals surface area contributed by atoms with Crippen molar-refractivity contribution >= 4 is 38.4 Å². The SMILES string of the molecule is COc1cc(S(=O)(=O)Nc2ccccn2)ccc1I. The van der Waals surface area contributed by atoms with Crippen LogP contribution in [0.4, 0.5) is 5.82 Å². The Hall–Kier alpha value is -1.35. The number of rotatable bonds is 4. The van der Waals surface area contributed by atoms with Gasteiger partial charge in [0.25, 0.3) is 10.0 Å². The van der Waals surface area contributed by atoms with Crippen molar-refractivity contribution < 1.29 is 13.2 Å². The summed E-state index contributed by atoms with van der Waals surface area (Å²) in [5, 5.41) is 0. The Balaban J connectivity index is 2.35. The van der Waals surface area contributed by atoms with E-state index >= 15 is 0 Å². The van der Waals surface area contributed by atoms with Crippen molar-refractivity contribution in [3.05, 3.63) is 46.2 Å². The molecule has 1 heterocycles. The van der Waals surface area contributed by atoms with Gasteiger partial charge >= 0.3 is 0 Å². The van der Waals surface area contributed by atoms with Crippen LogP contribution >= 0.6 is 22.6 Å². The van der Waals surface area contributed by atoms with Gasteiger partial charge in [0.05, 0.1) is 15.6 Å². The van der Waals surface area contributed by atoms with Crippen molar-refractivity contribution in [2.45, 2.75) is 4.90 Å². The number of aromatic nitrogens is 1. The van der Waals surface area contributed by atoms with Crippen molar-refractivity contribution in [3.8, 4) is 5.75 Å². The lowest BCUT2D eigenvalue weighted by atomic mass is 10.3. The van der Waals surface area contributed by atoms with Gasteiger partial charge in [0.15, 0.2) is 0 Å². The molecule has 0 spiro atoms. The normalized spacial score (nSPS) is 11.1. The Labute approximate surface area is 125 Å². The van der Waals surface area contributed by atoms with E-state index in [-0.39, 0.29) is 10.7 Å². The molecule has 0 saturated heterocycles. The average Bonchev–Trinajstić information content (AvgIpc) is 2.39. The molecule has 0 amide bonds. The minimum absolute atomic E-state index is 0.135. The van der Waals surface area contributed by atoms with E-state index in [2.05, 4.69) is 32.3 Å². The lowest BCUT2D eigenvalue weighted by molar-refractivity contribution is 0.410. The summed E-state index contributed by atoms with van der Waals surface area (Å²) in [6.45, 7) is 0. The molecule has 0 atom stereocenters. The summed E-state index contributed by atoms with van der Waals surface area (Å²) in [5.74, 6) is 0.796. The second-order valence-electron chi connectivity index (χ2n) is 3.62. The number of pyridine rings is 1. The maximum Gasteiger partial charge on any atom is 0.263 e. The van der Waals surface area contributed by atoms with E-state index in [0.29, 0.717) is 5.75 Å². The first-order valence-corrected chi connectivity index (χ1v) is 7.86. The number of sulfonamides is 1. The van der Waals surface area contributed by atoms with Crippen molar-refractivity contribution in [2.75, 3.05) is 11.8 Å². The highest BCUT2D eigenvalue weighted by Gasteiger charge is 2.16. The minimum atomic E-state index is -3.66. The maximum atomic E-state index is 12.2. The Kier molecular flexibility index (Phi) is 4.25. The maximum absolute atomic E-state index is 12.2. The molecule has 0 aliphatic rings. The number of halogens is 1. The van der Waals surface area contributed by atoms with Gasteiger partial charge in [-0.2, -0.15) is 0 Å². The third-order valence-electron chi connectivity index (χ3n) is 2.34. The van der Waals surface area contributed by atoms with Gasteiger partial charge in [0.2, 0.25) is 0 Å². The van der Waals surface area contributed by atoms with Gasteiger partial charge in [-0.1, -0.05) is 6.07 Å². The van der Waals surface area contributed by atoms with Gasteiger partial charge in [0, 0.05) is 12.3 Å². The first-order valence-electron chi connectivity index (χ1n) is 5.30. The zero-order valence-corrected chi connectivity index (χ0v) is 13.0. The molecule has 0 bridgehead atoms. The highest BCUT2D eigenvalue weighted by Crippen LogP contribution is 2.25. The number of hydrogen-bond acceptors (Lipinski definition) is 4. The fourth-order valence-corrected chi connectivity index (χ4v) is 3.01. The second kappa shape index (κ2) is 5.74. The number of ether oxygens (including phenoxy) is 1. The minimum Gasteiger partial charge on any atom is -0.496 e. The van der Waals surface area contributed by atoms with Gasteiger partial charge in [-0.05, 0) is 46.9 Å². The molecule has 0 saturated carbocycles. The van der Waals surface area contributed by atoms with Crippen LogP contribution in [0, 0.1) is 3.57 Å². The Morgan fingerprint density at radius 3 is 2.68 bits per heavy atom. The molecule has 0 fully saturated rings. The molecule has 7 heteroatoms. The van der Waals surface area contributed by atoms with E-state index in [1.807, 2.05) is 0 Å². The van der Waals surface area contributed by atoms with Crippen molar-refractivity contribution in [1.82, 2.24) is 4.98 Å². The zero-order valence-electron chi connectivity index (χ0n) is 10.00. The third-order valence-corrected chi connectivity index (χ3v) is 4.58. The van der Waals surface area contributed by atoms with E-state index in [1.54, 1.807) is 24.3 Å². The van der Waals surface area contributed by atoms with Gasteiger partial charge in [-0.25, -0.2) is 13.4 Å². The highest BCUT2D eigenvalue weighted by atomic mass is 127. The van der Waals surface area contributed by atoms with Crippen LogP contribution in [0.25, 0.3) is 0 Å². The van der Waals surface area contributed by atoms with Gasteiger partial charge in [-0.15, -0.1) is 0 Å². The predicted molar refractivity (Wildman–Crippen MR) is 80.8 cm³/mol. The quantitative estimate of drug-likeness (QED) is 0.815. The molecule has 1 N–H and O–H groups in total. The van der Waals surface area contributed by atoms with E-state index < -0.39 is 10.0 Å². The third kappa shape index (κ3) is 3.35. The number of nitrogens with zero attached hydrogens (tertiary/aromatic N) is 1. The lowest BCUT2D eigenvalue weighted by Gasteiger charge is -2.09. The Morgan fingerprint density at radius 2 is 2.05 bits per heavy atom. The molecule has 0 unspecified atom stereocenters. The first kappa shape index (κ1) is 14.1. The molecule has 0 aliphatic carbocycles. The molecular formula is C12H11IN2O3S. The van der Waals surface area contributed by atoms with Crippen LogP contribution in [0.3, 0.4) is 0 Å². The molecular weight excluding hydrogens is 379 g/mol. The van der Waals surface area contributed by atoms with Crippen molar-refractivity contribution in [2.24, 2.45) is 0 Å². The van der Waals surface area contributed by atoms with E-state index in [0.717, 1.165) is 3.57 Å². The van der Waals surface area contributed by atoms with Crippen LogP contribution in [0.15, 0.2) is 47.5 Å². The summed E-state index contributed by atoms with van der Waals surface area (Å²) in [6, 6.07) is 9.70. The standard InChI is InChI=1S/C12H11IN2O3S/c1-18-11-8-9(5-6-10(11)13)19(16,17)15-12-4-2-3-7-14-12/h2-8H,1H3,(H,14,15). The molecule has 5 nitrogen and oxygen atoms in total. The number of nitrogens with one attached hydrogen (secondary N) is 1. The second-order valence-corrected chi connectivity index (χ2v) is 6.46. The fraction of sp³-hybridized carbons (Fsp3) is 0.0833. The van der Waals surface area contributed by atoms with Gasteiger partial charge in [-0.3, -0.25) is 4.72 Å². The van der Waals surface area contributed by atoms with Crippen LogP contribution < -0.4 is 9.46 Å². The number of benzene rings is 1. The van der Waals surface area contributed by atoms with E-state index in [4.69, 9.17) is 4.74 Å². The monoisotopic (exact) mass is 390 g/mol. The lowest BCUT2D eigenvalue weighted by Crippen LogP contribution is -2.14. The summed E-state index contributed by atoms with van der Waals surface area (Å²) >= 11 is 2.08. The number of methoxy groups -OCH3 is 1. The molecule has 0 radical (unpaired) electrons. The zero-order chi connectivity index (χ0) is 13.9.